The minimum absolute atomic E-state index is 0.0840. The number of halogens is 1. The molecule has 0 saturated carbocycles. The van der Waals surface area contributed by atoms with Crippen LogP contribution in [0.2, 0.25) is 5.02 Å². The molecule has 0 amide bonds. The van der Waals surface area contributed by atoms with E-state index < -0.39 is 0 Å². The van der Waals surface area contributed by atoms with Crippen molar-refractivity contribution in [1.82, 2.24) is 0 Å². The molecule has 18 heavy (non-hydrogen) atoms. The van der Waals surface area contributed by atoms with E-state index in [2.05, 4.69) is 0 Å². The van der Waals surface area contributed by atoms with Gasteiger partial charge in [-0.15, -0.1) is 0 Å². The van der Waals surface area contributed by atoms with Crippen molar-refractivity contribution in [1.29, 1.82) is 0 Å². The van der Waals surface area contributed by atoms with Crippen LogP contribution in [0.3, 0.4) is 0 Å². The van der Waals surface area contributed by atoms with Crippen molar-refractivity contribution in [2.45, 2.75) is 13.8 Å². The van der Waals surface area contributed by atoms with Crippen LogP contribution in [0.4, 0.5) is 0 Å². The fraction of sp³-hybridized carbons (Fsp3) is 0.214. The van der Waals surface area contributed by atoms with Gasteiger partial charge in [-0.3, -0.25) is 4.79 Å². The van der Waals surface area contributed by atoms with Crippen molar-refractivity contribution in [2.75, 3.05) is 6.61 Å². The van der Waals surface area contributed by atoms with E-state index in [4.69, 9.17) is 20.8 Å². The number of hydrogen-bond donors (Lipinski definition) is 0. The summed E-state index contributed by atoms with van der Waals surface area (Å²) in [5, 5.41) is 0.540. The zero-order valence-electron chi connectivity index (χ0n) is 10.2. The summed E-state index contributed by atoms with van der Waals surface area (Å²) in [5.41, 5.74) is 1.43. The summed E-state index contributed by atoms with van der Waals surface area (Å²) in [6, 6.07) is 5.07. The largest absolute Gasteiger partial charge is 0.489 e. The lowest BCUT2D eigenvalue weighted by Gasteiger charge is -2.04. The number of fused-ring (bicyclic) bond motifs is 1. The topological polar surface area (TPSA) is 39.4 Å². The van der Waals surface area contributed by atoms with Crippen molar-refractivity contribution in [3.05, 3.63) is 51.4 Å². The van der Waals surface area contributed by atoms with E-state index in [1.165, 1.54) is 11.8 Å². The van der Waals surface area contributed by atoms with E-state index in [1.807, 2.05) is 19.9 Å². The van der Waals surface area contributed by atoms with E-state index in [0.717, 1.165) is 0 Å². The van der Waals surface area contributed by atoms with Crippen LogP contribution in [0.15, 0.2) is 45.3 Å². The van der Waals surface area contributed by atoms with E-state index >= 15 is 0 Å². The van der Waals surface area contributed by atoms with Crippen LogP contribution < -0.4 is 10.2 Å². The summed E-state index contributed by atoms with van der Waals surface area (Å²) in [7, 11) is 0. The Morgan fingerprint density at radius 1 is 1.44 bits per heavy atom. The minimum atomic E-state index is -0.228. The maximum Gasteiger partial charge on any atom is 0.211 e. The average molecular weight is 265 g/mol. The fourth-order valence-corrected chi connectivity index (χ4v) is 1.63. The van der Waals surface area contributed by atoms with Crippen molar-refractivity contribution in [3.8, 4) is 5.75 Å². The molecule has 0 atom stereocenters. The Labute approximate surface area is 110 Å². The Hall–Kier alpha value is -1.74. The SMILES string of the molecule is CC(C)=CCOc1ccc2c(=O)c(Cl)coc2c1. The molecular weight excluding hydrogens is 252 g/mol. The molecule has 1 aromatic carbocycles. The highest BCUT2D eigenvalue weighted by Gasteiger charge is 2.05. The van der Waals surface area contributed by atoms with Gasteiger partial charge >= 0.3 is 0 Å². The molecule has 2 aromatic rings. The molecule has 0 saturated heterocycles. The molecule has 0 bridgehead atoms. The van der Waals surface area contributed by atoms with Crippen molar-refractivity contribution in [3.63, 3.8) is 0 Å². The lowest BCUT2D eigenvalue weighted by Crippen LogP contribution is -2.01. The maximum atomic E-state index is 11.7. The first-order chi connectivity index (χ1) is 8.58. The fourth-order valence-electron chi connectivity index (χ4n) is 1.48. The standard InChI is InChI=1S/C14H13ClO3/c1-9(2)5-6-17-10-3-4-11-13(7-10)18-8-12(15)14(11)16/h3-5,7-8H,6H2,1-2H3. The first-order valence-corrected chi connectivity index (χ1v) is 5.93. The second-order valence-electron chi connectivity index (χ2n) is 4.16. The van der Waals surface area contributed by atoms with Gasteiger partial charge < -0.3 is 9.15 Å². The highest BCUT2D eigenvalue weighted by molar-refractivity contribution is 6.30. The van der Waals surface area contributed by atoms with Gasteiger partial charge in [-0.2, -0.15) is 0 Å². The van der Waals surface area contributed by atoms with E-state index in [-0.39, 0.29) is 10.5 Å². The molecule has 0 aliphatic carbocycles. The van der Waals surface area contributed by atoms with Gasteiger partial charge in [0.05, 0.1) is 5.39 Å². The average Bonchev–Trinajstić information content (AvgIpc) is 2.33. The third-order valence-corrected chi connectivity index (χ3v) is 2.71. The Bertz CT molecular complexity index is 652. The summed E-state index contributed by atoms with van der Waals surface area (Å²) in [4.78, 5) is 11.7. The first-order valence-electron chi connectivity index (χ1n) is 5.55. The van der Waals surface area contributed by atoms with Gasteiger partial charge in [0.15, 0.2) is 0 Å². The lowest BCUT2D eigenvalue weighted by molar-refractivity contribution is 0.362. The molecule has 2 rings (SSSR count). The zero-order valence-corrected chi connectivity index (χ0v) is 11.0. The van der Waals surface area contributed by atoms with Gasteiger partial charge in [0.2, 0.25) is 5.43 Å². The van der Waals surface area contributed by atoms with Gasteiger partial charge in [0, 0.05) is 6.07 Å². The predicted molar refractivity (Wildman–Crippen MR) is 72.4 cm³/mol. The van der Waals surface area contributed by atoms with Crippen LogP contribution in [0, 0.1) is 0 Å². The summed E-state index contributed by atoms with van der Waals surface area (Å²) in [6.45, 7) is 4.50. The Balaban J connectivity index is 2.31. The molecule has 0 unspecified atom stereocenters. The van der Waals surface area contributed by atoms with Gasteiger partial charge in [0.1, 0.15) is 29.2 Å². The van der Waals surface area contributed by atoms with Crippen LogP contribution in [0.5, 0.6) is 5.75 Å². The molecular formula is C14H13ClO3. The third-order valence-electron chi connectivity index (χ3n) is 2.45. The maximum absolute atomic E-state index is 11.7. The molecule has 94 valence electrons. The summed E-state index contributed by atoms with van der Waals surface area (Å²) in [5.74, 6) is 0.658. The van der Waals surface area contributed by atoms with Gasteiger partial charge in [0.25, 0.3) is 0 Å². The predicted octanol–water partition coefficient (Wildman–Crippen LogP) is 3.79. The molecule has 3 nitrogen and oxygen atoms in total. The quantitative estimate of drug-likeness (QED) is 0.792. The minimum Gasteiger partial charge on any atom is -0.489 e. The van der Waals surface area contributed by atoms with Gasteiger partial charge in [-0.25, -0.2) is 0 Å². The van der Waals surface area contributed by atoms with E-state index in [1.54, 1.807) is 18.2 Å². The molecule has 4 heteroatoms. The second-order valence-corrected chi connectivity index (χ2v) is 4.57. The van der Waals surface area contributed by atoms with Crippen LogP contribution >= 0.6 is 11.6 Å². The highest BCUT2D eigenvalue weighted by Crippen LogP contribution is 2.20. The molecule has 1 aromatic heterocycles. The lowest BCUT2D eigenvalue weighted by atomic mass is 10.2. The number of hydrogen-bond acceptors (Lipinski definition) is 3. The molecule has 0 aliphatic rings. The van der Waals surface area contributed by atoms with E-state index in [0.29, 0.717) is 23.3 Å². The number of benzene rings is 1. The van der Waals surface area contributed by atoms with Gasteiger partial charge in [-0.05, 0) is 32.1 Å². The van der Waals surface area contributed by atoms with Crippen molar-refractivity contribution < 1.29 is 9.15 Å². The van der Waals surface area contributed by atoms with Gasteiger partial charge in [-0.1, -0.05) is 17.2 Å². The number of rotatable bonds is 3. The van der Waals surface area contributed by atoms with Crippen molar-refractivity contribution in [2.24, 2.45) is 0 Å². The van der Waals surface area contributed by atoms with E-state index in [9.17, 15) is 4.79 Å². The molecule has 0 fully saturated rings. The molecule has 0 radical (unpaired) electrons. The zero-order chi connectivity index (χ0) is 13.1. The number of ether oxygens (including phenoxy) is 1. The second kappa shape index (κ2) is 5.27. The van der Waals surface area contributed by atoms with Crippen LogP contribution in [0.1, 0.15) is 13.8 Å². The van der Waals surface area contributed by atoms with Crippen LogP contribution in [0.25, 0.3) is 11.0 Å². The molecule has 0 N–H and O–H groups in total. The Kier molecular flexibility index (Phi) is 3.72. The third kappa shape index (κ3) is 2.74. The summed E-state index contributed by atoms with van der Waals surface area (Å²) < 4.78 is 10.8. The molecule has 0 spiro atoms. The highest BCUT2D eigenvalue weighted by atomic mass is 35.5. The monoisotopic (exact) mass is 264 g/mol. The Morgan fingerprint density at radius 3 is 2.94 bits per heavy atom. The Morgan fingerprint density at radius 2 is 2.22 bits per heavy atom. The molecule has 0 aliphatic heterocycles. The first kappa shape index (κ1) is 12.7. The number of allylic oxidation sites excluding steroid dienone is 1. The van der Waals surface area contributed by atoms with Crippen molar-refractivity contribution >= 4 is 22.6 Å². The normalized spacial score (nSPS) is 10.4. The summed E-state index contributed by atoms with van der Waals surface area (Å²) in [6.07, 6.45) is 3.22. The van der Waals surface area contributed by atoms with Crippen LogP contribution in [-0.2, 0) is 0 Å². The molecule has 1 heterocycles. The smallest absolute Gasteiger partial charge is 0.211 e. The van der Waals surface area contributed by atoms with Crippen LogP contribution in [-0.4, -0.2) is 6.61 Å². The summed E-state index contributed by atoms with van der Waals surface area (Å²) >= 11 is 5.70.